The van der Waals surface area contributed by atoms with Crippen LogP contribution in [0.2, 0.25) is 0 Å². The number of thiophene rings is 2. The highest BCUT2D eigenvalue weighted by Crippen LogP contribution is 2.35. The van der Waals surface area contributed by atoms with Gasteiger partial charge in [-0.3, -0.25) is 4.79 Å². The quantitative estimate of drug-likeness (QED) is 0.866. The van der Waals surface area contributed by atoms with Crippen LogP contribution in [0.5, 0.6) is 0 Å². The fraction of sp³-hybridized carbons (Fsp3) is 0.188. The van der Waals surface area contributed by atoms with Crippen molar-refractivity contribution in [3.8, 4) is 0 Å². The molecule has 4 rings (SSSR count). The van der Waals surface area contributed by atoms with Crippen LogP contribution < -0.4 is 0 Å². The van der Waals surface area contributed by atoms with Crippen LogP contribution in [0.3, 0.4) is 0 Å². The second kappa shape index (κ2) is 5.30. The molecular formula is C16H13N3OS2. The normalized spacial score (nSPS) is 18.6. The SMILES string of the molecule is O=C1N=C2N=CC=CN2C1(Cc1cccs1)Cc1cccs1. The molecule has 2 aromatic heterocycles. The van der Waals surface area contributed by atoms with Crippen molar-refractivity contribution in [1.82, 2.24) is 4.90 Å². The molecule has 0 fully saturated rings. The summed E-state index contributed by atoms with van der Waals surface area (Å²) in [5.41, 5.74) is -0.695. The fourth-order valence-electron chi connectivity index (χ4n) is 2.86. The van der Waals surface area contributed by atoms with Crippen molar-refractivity contribution in [2.75, 3.05) is 0 Å². The van der Waals surface area contributed by atoms with Crippen LogP contribution in [0.4, 0.5) is 0 Å². The summed E-state index contributed by atoms with van der Waals surface area (Å²) in [6.07, 6.45) is 6.74. The molecule has 6 heteroatoms. The van der Waals surface area contributed by atoms with Crippen molar-refractivity contribution < 1.29 is 4.79 Å². The van der Waals surface area contributed by atoms with E-state index in [1.807, 2.05) is 40.1 Å². The van der Waals surface area contributed by atoms with E-state index >= 15 is 0 Å². The van der Waals surface area contributed by atoms with E-state index in [4.69, 9.17) is 0 Å². The molecule has 1 amide bonds. The number of guanidine groups is 1. The van der Waals surface area contributed by atoms with E-state index in [0.29, 0.717) is 18.8 Å². The molecule has 2 aliphatic heterocycles. The summed E-state index contributed by atoms with van der Waals surface area (Å²) in [6, 6.07) is 8.18. The number of rotatable bonds is 4. The van der Waals surface area contributed by atoms with Crippen molar-refractivity contribution in [2.45, 2.75) is 18.4 Å². The number of fused-ring (bicyclic) bond motifs is 1. The lowest BCUT2D eigenvalue weighted by atomic mass is 9.88. The van der Waals surface area contributed by atoms with Gasteiger partial charge in [0.05, 0.1) is 0 Å². The average Bonchev–Trinajstić information content (AvgIpc) is 3.24. The molecule has 0 aliphatic carbocycles. The van der Waals surface area contributed by atoms with E-state index in [1.165, 1.54) is 9.75 Å². The molecule has 0 spiro atoms. The zero-order chi connectivity index (χ0) is 15.0. The standard InChI is InChI=1S/C16H13N3OS2/c20-14-16(10-12-4-1-8-21-12,11-13-5-2-9-22-13)19-7-3-6-17-15(19)18-14/h1-9H,10-11H2. The summed E-state index contributed by atoms with van der Waals surface area (Å²) in [6.45, 7) is 0. The summed E-state index contributed by atoms with van der Waals surface area (Å²) < 4.78 is 0. The topological polar surface area (TPSA) is 45.0 Å². The van der Waals surface area contributed by atoms with Crippen LogP contribution in [0.25, 0.3) is 0 Å². The molecule has 22 heavy (non-hydrogen) atoms. The maximum absolute atomic E-state index is 12.8. The molecule has 0 radical (unpaired) electrons. The van der Waals surface area contributed by atoms with E-state index < -0.39 is 5.54 Å². The lowest BCUT2D eigenvalue weighted by Gasteiger charge is -2.35. The van der Waals surface area contributed by atoms with Gasteiger partial charge < -0.3 is 4.90 Å². The largest absolute Gasteiger partial charge is 0.301 e. The van der Waals surface area contributed by atoms with Crippen molar-refractivity contribution in [3.63, 3.8) is 0 Å². The molecular weight excluding hydrogens is 314 g/mol. The van der Waals surface area contributed by atoms with Crippen LogP contribution in [-0.4, -0.2) is 28.5 Å². The first-order valence-corrected chi connectivity index (χ1v) is 8.72. The number of amides is 1. The summed E-state index contributed by atoms with van der Waals surface area (Å²) in [7, 11) is 0. The summed E-state index contributed by atoms with van der Waals surface area (Å²) in [5, 5.41) is 4.08. The van der Waals surface area contributed by atoms with Crippen molar-refractivity contribution in [3.05, 3.63) is 57.1 Å². The molecule has 0 saturated heterocycles. The van der Waals surface area contributed by atoms with Crippen LogP contribution in [0.1, 0.15) is 9.75 Å². The van der Waals surface area contributed by atoms with E-state index in [-0.39, 0.29) is 5.91 Å². The smallest absolute Gasteiger partial charge is 0.276 e. The van der Waals surface area contributed by atoms with Crippen molar-refractivity contribution in [1.29, 1.82) is 0 Å². The maximum atomic E-state index is 12.8. The second-order valence-corrected chi connectivity index (χ2v) is 7.32. The molecule has 110 valence electrons. The maximum Gasteiger partial charge on any atom is 0.276 e. The van der Waals surface area contributed by atoms with Gasteiger partial charge >= 0.3 is 0 Å². The zero-order valence-corrected chi connectivity index (χ0v) is 13.3. The van der Waals surface area contributed by atoms with E-state index in [2.05, 4.69) is 22.1 Å². The molecule has 0 N–H and O–H groups in total. The highest BCUT2D eigenvalue weighted by Gasteiger charge is 2.50. The Morgan fingerprint density at radius 1 is 1.09 bits per heavy atom. The van der Waals surface area contributed by atoms with Gasteiger partial charge in [-0.15, -0.1) is 22.7 Å². The Bertz CT molecular complexity index is 736. The first kappa shape index (κ1) is 13.6. The molecule has 2 aliphatic rings. The Balaban J connectivity index is 1.77. The average molecular weight is 327 g/mol. The highest BCUT2D eigenvalue weighted by molar-refractivity contribution is 7.10. The van der Waals surface area contributed by atoms with Crippen molar-refractivity contribution in [2.24, 2.45) is 9.98 Å². The number of hydrogen-bond acceptors (Lipinski definition) is 5. The molecule has 0 aromatic carbocycles. The zero-order valence-electron chi connectivity index (χ0n) is 11.7. The lowest BCUT2D eigenvalue weighted by Crippen LogP contribution is -2.52. The number of aliphatic imine (C=N–C) groups is 2. The Hall–Kier alpha value is -2.05. The van der Waals surface area contributed by atoms with Gasteiger partial charge in [0.25, 0.3) is 5.91 Å². The number of nitrogens with zero attached hydrogens (tertiary/aromatic N) is 3. The van der Waals surface area contributed by atoms with Crippen LogP contribution >= 0.6 is 22.7 Å². The third kappa shape index (κ3) is 2.15. The molecule has 0 unspecified atom stereocenters. The van der Waals surface area contributed by atoms with Gasteiger partial charge in [0, 0.05) is 35.0 Å². The molecule has 0 atom stereocenters. The third-order valence-electron chi connectivity index (χ3n) is 3.88. The summed E-state index contributed by atoms with van der Waals surface area (Å²) >= 11 is 3.35. The van der Waals surface area contributed by atoms with Crippen molar-refractivity contribution >= 4 is 40.8 Å². The van der Waals surface area contributed by atoms with Gasteiger partial charge in [0.2, 0.25) is 5.96 Å². The van der Waals surface area contributed by atoms with Crippen LogP contribution in [0, 0.1) is 0 Å². The molecule has 0 saturated carbocycles. The molecule has 2 aromatic rings. The van der Waals surface area contributed by atoms with Gasteiger partial charge in [-0.2, -0.15) is 4.99 Å². The Kier molecular flexibility index (Phi) is 3.28. The van der Waals surface area contributed by atoms with E-state index in [1.54, 1.807) is 28.9 Å². The molecule has 4 nitrogen and oxygen atoms in total. The number of allylic oxidation sites excluding steroid dienone is 1. The predicted octanol–water partition coefficient (Wildman–Crippen LogP) is 3.13. The van der Waals surface area contributed by atoms with Gasteiger partial charge in [-0.1, -0.05) is 12.1 Å². The number of carbonyl (C=O) groups is 1. The third-order valence-corrected chi connectivity index (χ3v) is 5.63. The van der Waals surface area contributed by atoms with Gasteiger partial charge in [0.1, 0.15) is 5.54 Å². The first-order chi connectivity index (χ1) is 10.8. The predicted molar refractivity (Wildman–Crippen MR) is 90.7 cm³/mol. The second-order valence-electron chi connectivity index (χ2n) is 5.25. The van der Waals surface area contributed by atoms with Crippen LogP contribution in [0.15, 0.2) is 57.3 Å². The monoisotopic (exact) mass is 327 g/mol. The minimum absolute atomic E-state index is 0.104. The lowest BCUT2D eigenvalue weighted by molar-refractivity contribution is -0.124. The Morgan fingerprint density at radius 2 is 1.77 bits per heavy atom. The van der Waals surface area contributed by atoms with Gasteiger partial charge in [-0.25, -0.2) is 4.99 Å². The number of carbonyl (C=O) groups excluding carboxylic acids is 1. The highest BCUT2D eigenvalue weighted by atomic mass is 32.1. The summed E-state index contributed by atoms with van der Waals surface area (Å²) in [5.74, 6) is 0.397. The van der Waals surface area contributed by atoms with Gasteiger partial charge in [0.15, 0.2) is 0 Å². The Labute approximate surface area is 136 Å². The minimum atomic E-state index is -0.695. The van der Waals surface area contributed by atoms with Crippen LogP contribution in [-0.2, 0) is 17.6 Å². The van der Waals surface area contributed by atoms with E-state index in [0.717, 1.165) is 0 Å². The fourth-order valence-corrected chi connectivity index (χ4v) is 4.49. The summed E-state index contributed by atoms with van der Waals surface area (Å²) in [4.78, 5) is 25.5. The molecule has 0 bridgehead atoms. The minimum Gasteiger partial charge on any atom is -0.301 e. The van der Waals surface area contributed by atoms with Gasteiger partial charge in [-0.05, 0) is 29.0 Å². The number of hydrogen-bond donors (Lipinski definition) is 0. The Morgan fingerprint density at radius 3 is 2.36 bits per heavy atom. The molecule has 4 heterocycles. The first-order valence-electron chi connectivity index (χ1n) is 6.96. The van der Waals surface area contributed by atoms with E-state index in [9.17, 15) is 4.79 Å².